The Morgan fingerprint density at radius 1 is 1.24 bits per heavy atom. The topological polar surface area (TPSA) is 137 Å². The molecule has 1 heterocycles. The number of carbonyl (C=O) groups is 2. The number of nitrogens with two attached hydrogens (primary N) is 1. The van der Waals surface area contributed by atoms with E-state index in [4.69, 9.17) is 26.8 Å². The number of hydrogen-bond acceptors (Lipinski definition) is 7. The minimum Gasteiger partial charge on any atom is -0.426 e. The maximum atomic E-state index is 13.0. The first kappa shape index (κ1) is 26.1. The number of carbonyl (C=O) groups excluding carboxylic acids is 2. The molecule has 0 fully saturated rings. The number of H-pyrrole nitrogens is 1. The molecule has 0 saturated carbocycles. The summed E-state index contributed by atoms with van der Waals surface area (Å²) in [4.78, 5) is 53.4. The predicted molar refractivity (Wildman–Crippen MR) is 126 cm³/mol. The van der Waals surface area contributed by atoms with Crippen molar-refractivity contribution in [3.05, 3.63) is 49.6 Å². The molecular formula is C22H29ClN4O6. The number of methoxy groups -OCH3 is 1. The van der Waals surface area contributed by atoms with Gasteiger partial charge >= 0.3 is 11.7 Å². The van der Waals surface area contributed by atoms with Crippen molar-refractivity contribution in [1.29, 1.82) is 0 Å². The molecule has 33 heavy (non-hydrogen) atoms. The van der Waals surface area contributed by atoms with Gasteiger partial charge in [0.15, 0.2) is 5.69 Å². The fraction of sp³-hybridized carbons (Fsp3) is 0.455. The second-order valence-corrected chi connectivity index (χ2v) is 8.36. The van der Waals surface area contributed by atoms with Crippen molar-refractivity contribution in [2.75, 3.05) is 30.9 Å². The third kappa shape index (κ3) is 6.93. The van der Waals surface area contributed by atoms with Crippen LogP contribution in [0.2, 0.25) is 5.02 Å². The largest absolute Gasteiger partial charge is 0.426 e. The first-order valence-corrected chi connectivity index (χ1v) is 10.8. The second kappa shape index (κ2) is 11.7. The SMILES string of the molecule is COCCN(C(=O)CCC(=O)Oc1ccc(Cl)cc1C)c1c(N)n(CC(C)C)c(=O)[nH]c1=O. The molecule has 10 nitrogen and oxygen atoms in total. The lowest BCUT2D eigenvalue weighted by molar-refractivity contribution is -0.136. The van der Waals surface area contributed by atoms with Crippen LogP contribution in [0, 0.1) is 12.8 Å². The van der Waals surface area contributed by atoms with Crippen LogP contribution in [0.3, 0.4) is 0 Å². The molecule has 3 N–H and O–H groups in total. The van der Waals surface area contributed by atoms with Crippen molar-refractivity contribution >= 4 is 35.0 Å². The number of halogens is 1. The van der Waals surface area contributed by atoms with Crippen molar-refractivity contribution < 1.29 is 19.1 Å². The van der Waals surface area contributed by atoms with Crippen molar-refractivity contribution in [2.45, 2.75) is 40.2 Å². The smallest absolute Gasteiger partial charge is 0.330 e. The highest BCUT2D eigenvalue weighted by molar-refractivity contribution is 6.30. The van der Waals surface area contributed by atoms with E-state index in [1.54, 1.807) is 25.1 Å². The Bertz CT molecular complexity index is 1120. The van der Waals surface area contributed by atoms with Crippen LogP contribution < -0.4 is 26.6 Å². The van der Waals surface area contributed by atoms with Gasteiger partial charge in [-0.05, 0) is 36.6 Å². The van der Waals surface area contributed by atoms with Crippen LogP contribution in [0.25, 0.3) is 0 Å². The van der Waals surface area contributed by atoms with Gasteiger partial charge in [0.1, 0.15) is 11.6 Å². The van der Waals surface area contributed by atoms with Crippen LogP contribution in [-0.4, -0.2) is 41.7 Å². The second-order valence-electron chi connectivity index (χ2n) is 7.92. The standard InChI is InChI=1S/C22H29ClN4O6/c1-13(2)12-27-20(24)19(21(30)25-22(27)31)26(9-10-32-4)17(28)7-8-18(29)33-16-6-5-15(23)11-14(16)3/h5-6,11,13H,7-10,12,24H2,1-4H3,(H,25,30,31). The zero-order valence-electron chi connectivity index (χ0n) is 19.1. The number of hydrogen-bond donors (Lipinski definition) is 2. The number of nitrogens with zero attached hydrogens (tertiary/aromatic N) is 2. The van der Waals surface area contributed by atoms with Crippen LogP contribution in [0.4, 0.5) is 11.5 Å². The molecule has 0 aliphatic carbocycles. The first-order chi connectivity index (χ1) is 15.5. The Morgan fingerprint density at radius 3 is 2.55 bits per heavy atom. The van der Waals surface area contributed by atoms with E-state index in [1.165, 1.54) is 11.7 Å². The number of ether oxygens (including phenoxy) is 2. The Morgan fingerprint density at radius 2 is 1.94 bits per heavy atom. The fourth-order valence-corrected chi connectivity index (χ4v) is 3.40. The quantitative estimate of drug-likeness (QED) is 0.392. The van der Waals surface area contributed by atoms with Crippen molar-refractivity contribution in [3.63, 3.8) is 0 Å². The maximum Gasteiger partial charge on any atom is 0.330 e. The molecule has 0 unspecified atom stereocenters. The highest BCUT2D eigenvalue weighted by atomic mass is 35.5. The lowest BCUT2D eigenvalue weighted by atomic mass is 10.2. The van der Waals surface area contributed by atoms with E-state index in [-0.39, 0.29) is 50.0 Å². The summed E-state index contributed by atoms with van der Waals surface area (Å²) in [6, 6.07) is 4.82. The van der Waals surface area contributed by atoms with E-state index in [1.807, 2.05) is 13.8 Å². The zero-order valence-corrected chi connectivity index (χ0v) is 19.9. The van der Waals surface area contributed by atoms with E-state index in [0.29, 0.717) is 16.3 Å². The number of esters is 1. The van der Waals surface area contributed by atoms with Crippen molar-refractivity contribution in [2.24, 2.45) is 5.92 Å². The van der Waals surface area contributed by atoms with Crippen LogP contribution in [0.5, 0.6) is 5.75 Å². The number of aromatic nitrogens is 2. The summed E-state index contributed by atoms with van der Waals surface area (Å²) in [6.07, 6.45) is -0.467. The van der Waals surface area contributed by atoms with Gasteiger partial charge < -0.3 is 20.1 Å². The average Bonchev–Trinajstić information content (AvgIpc) is 2.73. The number of aryl methyl sites for hydroxylation is 1. The van der Waals surface area contributed by atoms with Crippen molar-refractivity contribution in [3.8, 4) is 5.75 Å². The number of rotatable bonds is 10. The summed E-state index contributed by atoms with van der Waals surface area (Å²) in [5.74, 6) is -0.871. The molecule has 0 radical (unpaired) electrons. The van der Waals surface area contributed by atoms with Gasteiger partial charge in [-0.3, -0.25) is 23.9 Å². The molecule has 0 bridgehead atoms. The molecule has 0 atom stereocenters. The van der Waals surface area contributed by atoms with Gasteiger partial charge in [-0.25, -0.2) is 4.79 Å². The summed E-state index contributed by atoms with van der Waals surface area (Å²) in [7, 11) is 1.45. The van der Waals surface area contributed by atoms with E-state index in [9.17, 15) is 19.2 Å². The molecule has 1 amide bonds. The molecule has 0 aliphatic rings. The summed E-state index contributed by atoms with van der Waals surface area (Å²) < 4.78 is 11.6. The molecule has 0 spiro atoms. The van der Waals surface area contributed by atoms with Gasteiger partial charge in [0, 0.05) is 31.6 Å². The molecule has 1 aromatic carbocycles. The molecule has 11 heteroatoms. The van der Waals surface area contributed by atoms with Crippen molar-refractivity contribution in [1.82, 2.24) is 9.55 Å². The molecule has 0 aliphatic heterocycles. The van der Waals surface area contributed by atoms with Gasteiger partial charge in [-0.1, -0.05) is 25.4 Å². The average molecular weight is 481 g/mol. The number of nitrogens with one attached hydrogen (secondary N) is 1. The number of anilines is 2. The van der Waals surface area contributed by atoms with E-state index in [0.717, 1.165) is 4.90 Å². The van der Waals surface area contributed by atoms with Crippen LogP contribution >= 0.6 is 11.6 Å². The minimum absolute atomic E-state index is 0.00777. The zero-order chi connectivity index (χ0) is 24.7. The summed E-state index contributed by atoms with van der Waals surface area (Å²) in [6.45, 7) is 5.90. The third-order valence-corrected chi connectivity index (χ3v) is 4.99. The lowest BCUT2D eigenvalue weighted by Gasteiger charge is -2.24. The van der Waals surface area contributed by atoms with Crippen LogP contribution in [0.15, 0.2) is 27.8 Å². The molecular weight excluding hydrogens is 452 g/mol. The molecule has 180 valence electrons. The van der Waals surface area contributed by atoms with E-state index < -0.39 is 23.1 Å². The number of benzene rings is 1. The monoisotopic (exact) mass is 480 g/mol. The highest BCUT2D eigenvalue weighted by Gasteiger charge is 2.25. The van der Waals surface area contributed by atoms with Gasteiger partial charge in [0.2, 0.25) is 5.91 Å². The minimum atomic E-state index is -0.790. The maximum absolute atomic E-state index is 13.0. The summed E-state index contributed by atoms with van der Waals surface area (Å²) in [5.41, 5.74) is 5.21. The predicted octanol–water partition coefficient (Wildman–Crippen LogP) is 2.10. The van der Waals surface area contributed by atoms with Gasteiger partial charge in [0.05, 0.1) is 13.0 Å². The number of amides is 1. The molecule has 0 saturated heterocycles. The van der Waals surface area contributed by atoms with Crippen LogP contribution in [-0.2, 0) is 20.9 Å². The fourth-order valence-electron chi connectivity index (χ4n) is 3.17. The first-order valence-electron chi connectivity index (χ1n) is 10.4. The molecule has 2 aromatic rings. The lowest BCUT2D eigenvalue weighted by Crippen LogP contribution is -2.43. The van der Waals surface area contributed by atoms with Gasteiger partial charge in [0.25, 0.3) is 5.56 Å². The molecule has 1 aromatic heterocycles. The Kier molecular flexibility index (Phi) is 9.24. The highest BCUT2D eigenvalue weighted by Crippen LogP contribution is 2.23. The summed E-state index contributed by atoms with van der Waals surface area (Å²) >= 11 is 5.90. The third-order valence-electron chi connectivity index (χ3n) is 4.76. The normalized spacial score (nSPS) is 11.0. The molecule has 2 rings (SSSR count). The number of aromatic amines is 1. The Balaban J connectivity index is 2.24. The number of nitrogen functional groups attached to an aromatic ring is 1. The summed E-state index contributed by atoms with van der Waals surface area (Å²) in [5, 5.41) is 0.512. The van der Waals surface area contributed by atoms with Crippen LogP contribution in [0.1, 0.15) is 32.3 Å². The van der Waals surface area contributed by atoms with Gasteiger partial charge in [-0.15, -0.1) is 0 Å². The Labute approximate surface area is 196 Å². The Hall–Kier alpha value is -3.11. The van der Waals surface area contributed by atoms with E-state index >= 15 is 0 Å². The van der Waals surface area contributed by atoms with E-state index in [2.05, 4.69) is 4.98 Å². The van der Waals surface area contributed by atoms with Gasteiger partial charge in [-0.2, -0.15) is 0 Å².